The summed E-state index contributed by atoms with van der Waals surface area (Å²) >= 11 is 37.0. The van der Waals surface area contributed by atoms with Crippen LogP contribution in [0.1, 0.15) is 25.0 Å². The molecule has 8 aromatic rings. The predicted molar refractivity (Wildman–Crippen MR) is 396 cm³/mol. The Morgan fingerprint density at radius 2 is 0.694 bits per heavy atom. The van der Waals surface area contributed by atoms with Gasteiger partial charge in [0.2, 0.25) is 33.0 Å². The summed E-state index contributed by atoms with van der Waals surface area (Å²) in [6, 6.07) is 12.8. The van der Waals surface area contributed by atoms with Gasteiger partial charge in [0.25, 0.3) is 72.5 Å². The van der Waals surface area contributed by atoms with Gasteiger partial charge >= 0.3 is 0 Å². The number of benzene rings is 6. The first-order valence-electron chi connectivity index (χ1n) is 27.0. The number of amides is 2. The zero-order chi connectivity index (χ0) is 74.7. The van der Waals surface area contributed by atoms with Crippen LogP contribution in [0, 0.1) is 0 Å². The Kier molecular flexibility index (Phi) is 34.8. The molecule has 108 heavy (non-hydrogen) atoms. The van der Waals surface area contributed by atoms with Gasteiger partial charge < -0.3 is 9.97 Å². The summed E-state index contributed by atoms with van der Waals surface area (Å²) in [6.07, 6.45) is 2.12. The van der Waals surface area contributed by atoms with Crippen molar-refractivity contribution < 1.29 is 87.4 Å². The minimum atomic E-state index is -5.14. The van der Waals surface area contributed by atoms with Crippen molar-refractivity contribution in [3.63, 3.8) is 0 Å². The monoisotopic (exact) mass is 1770 g/mol. The SMILES string of the molecule is CC1=NN(c2cc(Cl)c(S(=O)(=O)O)cc2Cl)C(=O)C1N=Nc1cc(N=c2nc(Cl)[nH]c(=Nc3ccc(C=Cc4ccc(N=c5[nH]c(Cl)nc(=Nc6ccc(S(=O)(=O)O)c(N=NC7C(=O)N(c8cc(Cl)c(S(=O)(=O)O)cc8Cl)N=C7C)c6)[nH]5)cc4S(=O)(=O)O)c(S(=O)(=O)O)c3)[nH]2)ccc1S(=O)(=O)O.[Na].[Na].[Na].[Na].[Na].[Na]. The number of hydrazone groups is 2. The van der Waals surface area contributed by atoms with Gasteiger partial charge in [-0.1, -0.05) is 70.7 Å². The van der Waals surface area contributed by atoms with E-state index in [0.717, 1.165) is 97.1 Å². The second kappa shape index (κ2) is 38.6. The van der Waals surface area contributed by atoms with Crippen molar-refractivity contribution in [1.82, 2.24) is 29.9 Å². The van der Waals surface area contributed by atoms with Crippen molar-refractivity contribution >= 4 is 389 Å². The molecule has 6 aromatic carbocycles. The van der Waals surface area contributed by atoms with Gasteiger partial charge in [0.05, 0.1) is 65.6 Å². The van der Waals surface area contributed by atoms with E-state index in [1.165, 1.54) is 26.0 Å². The number of nitrogens with one attached hydrogen (secondary N) is 4. The number of aromatic amines is 4. The van der Waals surface area contributed by atoms with Crippen molar-refractivity contribution in [3.05, 3.63) is 161 Å². The molecule has 538 valence electrons. The molecule has 6 radical (unpaired) electrons. The quantitative estimate of drug-likeness (QED) is 0.0211. The number of anilines is 2. The molecule has 10 N–H and O–H groups in total. The van der Waals surface area contributed by atoms with Crippen LogP contribution in [0.25, 0.3) is 12.2 Å². The Labute approximate surface area is 771 Å². The number of aromatic nitrogens is 6. The average molecular weight is 1780 g/mol. The first-order valence-corrected chi connectivity index (χ1v) is 37.9. The second-order valence-electron chi connectivity index (χ2n) is 20.5. The average Bonchev–Trinajstić information content (AvgIpc) is 1.56. The number of azo groups is 2. The van der Waals surface area contributed by atoms with Crippen molar-refractivity contribution in [1.29, 1.82) is 0 Å². The van der Waals surface area contributed by atoms with E-state index >= 15 is 0 Å². The summed E-state index contributed by atoms with van der Waals surface area (Å²) in [6.45, 7) is 2.67. The third-order valence-electron chi connectivity index (χ3n) is 13.5. The number of halogens is 6. The fourth-order valence-corrected chi connectivity index (χ4v) is 14.7. The summed E-state index contributed by atoms with van der Waals surface area (Å²) in [7, 11) is -30.0. The van der Waals surface area contributed by atoms with E-state index in [1.54, 1.807) is 0 Å². The Hall–Kier alpha value is -3.04. The maximum Gasteiger partial charge on any atom is 0.296 e. The second-order valence-corrected chi connectivity index (χ2v) is 31.2. The summed E-state index contributed by atoms with van der Waals surface area (Å²) in [5.41, 5.74) is -4.16. The molecule has 56 heteroatoms. The van der Waals surface area contributed by atoms with E-state index in [2.05, 4.69) is 80.5 Å². The largest absolute Gasteiger partial charge is 0.300 e. The first kappa shape index (κ1) is 97.3. The standard InChI is InChI=1S/C52H36Cl6N18O20S6.6Na/c1-21-43(45(77)75(73-21)35-17-31(55)41(19-29(35)53)101(91,92)93)71-69-33-13-25(9-11-37(33)97(79,80)81)59-49-63-47(57)65-51(67-49)61-27-7-5-23(39(15-27)99(85,86)87)3-4-24-6-8-28(16-40(24)100(88,89)90)62-52-66-48(58)64-50(68-52)60-26-10-12-38(98(82,83)84)34(14-26)70-72-44-22(2)74-76(46(44)78)36-18-32(56)42(20-30(36)54)102(94,95)96;;;;;;/h3-20,43-44H,1-2H3,(H,79,80,81)(H,82,83,84)(H,85,86,87)(H,88,89,90)(H,91,92,93)(H,94,95,96)(H2,59,61,63,65,67)(H2,60,62,64,66,68);;;;;;. The van der Waals surface area contributed by atoms with Crippen LogP contribution in [0.15, 0.2) is 177 Å². The molecular formula is C52H36Cl6N18Na6O20S6. The fraction of sp³-hybridized carbons (Fsp3) is 0.0769. The fourth-order valence-electron chi connectivity index (χ4n) is 9.04. The van der Waals surface area contributed by atoms with E-state index in [0.29, 0.717) is 10.0 Å². The van der Waals surface area contributed by atoms with E-state index < -0.39 is 146 Å². The molecule has 4 heterocycles. The molecule has 2 aliphatic heterocycles. The summed E-state index contributed by atoms with van der Waals surface area (Å²) in [4.78, 5) is 57.8. The Morgan fingerprint density at radius 1 is 0.389 bits per heavy atom. The molecule has 2 aliphatic rings. The molecule has 0 saturated carbocycles. The van der Waals surface area contributed by atoms with Crippen molar-refractivity contribution in [3.8, 4) is 0 Å². The molecule has 2 unspecified atom stereocenters. The van der Waals surface area contributed by atoms with Crippen LogP contribution in [0.5, 0.6) is 0 Å². The maximum atomic E-state index is 13.5. The van der Waals surface area contributed by atoms with E-state index in [4.69, 9.17) is 69.6 Å². The molecule has 0 spiro atoms. The first-order chi connectivity index (χ1) is 47.4. The van der Waals surface area contributed by atoms with E-state index in [9.17, 15) is 87.4 Å². The van der Waals surface area contributed by atoms with Gasteiger partial charge in [0, 0.05) is 177 Å². The zero-order valence-corrected chi connectivity index (χ0v) is 77.4. The van der Waals surface area contributed by atoms with Gasteiger partial charge in [-0.15, -0.1) is 0 Å². The van der Waals surface area contributed by atoms with Crippen molar-refractivity contribution in [2.24, 2.45) is 50.6 Å². The van der Waals surface area contributed by atoms with Crippen LogP contribution in [0.4, 0.5) is 45.5 Å². The zero-order valence-electron chi connectivity index (χ0n) is 55.9. The van der Waals surface area contributed by atoms with Gasteiger partial charge in [-0.3, -0.25) is 46.9 Å². The maximum absolute atomic E-state index is 13.5. The number of hydrogen-bond acceptors (Lipinski definition) is 26. The van der Waals surface area contributed by atoms with Crippen LogP contribution in [0.3, 0.4) is 0 Å². The smallest absolute Gasteiger partial charge is 0.296 e. The van der Waals surface area contributed by atoms with Crippen LogP contribution in [0.2, 0.25) is 30.7 Å². The Balaban J connectivity index is 0.00000411. The molecule has 0 saturated heterocycles. The minimum Gasteiger partial charge on any atom is -0.300 e. The molecule has 38 nitrogen and oxygen atoms in total. The van der Waals surface area contributed by atoms with Gasteiger partial charge in [0.15, 0.2) is 12.1 Å². The van der Waals surface area contributed by atoms with Gasteiger partial charge in [-0.2, -0.15) is 101 Å². The summed E-state index contributed by atoms with van der Waals surface area (Å²) in [5, 5.41) is 22.6. The molecule has 0 aliphatic carbocycles. The van der Waals surface area contributed by atoms with Gasteiger partial charge in [-0.05, 0) is 133 Å². The Morgan fingerprint density at radius 3 is 1.01 bits per heavy atom. The predicted octanol–water partition coefficient (Wildman–Crippen LogP) is 5.75. The third kappa shape index (κ3) is 23.8. The third-order valence-corrected chi connectivity index (χ3v) is 20.7. The Bertz CT molecular complexity index is 5850. The van der Waals surface area contributed by atoms with Gasteiger partial charge in [-0.25, -0.2) is 20.0 Å². The molecule has 2 atom stereocenters. The number of carbonyl (C=O) groups excluding carboxylic acids is 2. The molecule has 2 aromatic heterocycles. The minimum absolute atomic E-state index is 0. The molecule has 10 rings (SSSR count). The number of carbonyl (C=O) groups is 2. The normalized spacial score (nSPS) is 15.7. The molecular weight excluding hydrogens is 1740 g/mol. The van der Waals surface area contributed by atoms with Gasteiger partial charge in [0.1, 0.15) is 40.7 Å². The van der Waals surface area contributed by atoms with Crippen molar-refractivity contribution in [2.45, 2.75) is 55.3 Å². The van der Waals surface area contributed by atoms with Crippen molar-refractivity contribution in [2.75, 3.05) is 10.0 Å². The van der Waals surface area contributed by atoms with Crippen LogP contribution < -0.4 is 32.5 Å². The van der Waals surface area contributed by atoms with E-state index in [-0.39, 0.29) is 267 Å². The van der Waals surface area contributed by atoms with E-state index in [1.807, 2.05) is 0 Å². The number of nitrogens with zero attached hydrogens (tertiary/aromatic N) is 14. The molecule has 2 amide bonds. The topological polar surface area (TPSA) is 579 Å². The van der Waals surface area contributed by atoms with Crippen LogP contribution in [-0.2, 0) is 70.3 Å². The molecule has 0 bridgehead atoms. The summed E-state index contributed by atoms with van der Waals surface area (Å²) < 4.78 is 208. The summed E-state index contributed by atoms with van der Waals surface area (Å²) in [5.74, 6) is -1.87. The van der Waals surface area contributed by atoms with Crippen LogP contribution in [-0.4, -0.2) is 320 Å². The van der Waals surface area contributed by atoms with Crippen LogP contribution >= 0.6 is 69.6 Å². The number of hydrogen-bond donors (Lipinski definition) is 10. The number of H-pyrrole nitrogens is 4. The number of rotatable bonds is 18. The molecule has 0 fully saturated rings.